The van der Waals surface area contributed by atoms with Crippen molar-refractivity contribution in [1.82, 2.24) is 10.2 Å². The summed E-state index contributed by atoms with van der Waals surface area (Å²) >= 11 is 0. The van der Waals surface area contributed by atoms with Crippen molar-refractivity contribution in [1.29, 1.82) is 0 Å². The first-order valence-corrected chi connectivity index (χ1v) is 7.58. The number of hydrogen-bond donors (Lipinski definition) is 2. The summed E-state index contributed by atoms with van der Waals surface area (Å²) in [6, 6.07) is -0.372. The highest BCUT2D eigenvalue weighted by Crippen LogP contribution is 2.19. The molecule has 5 nitrogen and oxygen atoms in total. The van der Waals surface area contributed by atoms with E-state index in [9.17, 15) is 14.7 Å². The summed E-state index contributed by atoms with van der Waals surface area (Å²) in [5, 5.41) is 12.2. The van der Waals surface area contributed by atoms with Crippen molar-refractivity contribution in [3.63, 3.8) is 0 Å². The van der Waals surface area contributed by atoms with Crippen molar-refractivity contribution in [2.24, 2.45) is 11.8 Å². The Labute approximate surface area is 121 Å². The minimum atomic E-state index is -0.372. The molecular weight excluding hydrogens is 256 g/mol. The van der Waals surface area contributed by atoms with Gasteiger partial charge >= 0.3 is 0 Å². The first-order chi connectivity index (χ1) is 9.32. The van der Waals surface area contributed by atoms with Gasteiger partial charge in [0.15, 0.2) is 0 Å². The largest absolute Gasteiger partial charge is 0.393 e. The molecule has 0 aromatic heterocycles. The Morgan fingerprint density at radius 3 is 2.45 bits per heavy atom. The van der Waals surface area contributed by atoms with Crippen molar-refractivity contribution in [2.75, 3.05) is 13.1 Å². The lowest BCUT2D eigenvalue weighted by atomic mass is 10.0. The van der Waals surface area contributed by atoms with Crippen LogP contribution < -0.4 is 5.32 Å². The number of nitrogens with one attached hydrogen (secondary N) is 1. The molecule has 1 saturated heterocycles. The van der Waals surface area contributed by atoms with E-state index in [-0.39, 0.29) is 35.8 Å². The van der Waals surface area contributed by atoms with Crippen LogP contribution in [-0.2, 0) is 9.59 Å². The maximum atomic E-state index is 12.3. The van der Waals surface area contributed by atoms with Crippen LogP contribution >= 0.6 is 0 Å². The molecule has 0 aromatic carbocycles. The van der Waals surface area contributed by atoms with Crippen molar-refractivity contribution < 1.29 is 14.7 Å². The van der Waals surface area contributed by atoms with E-state index >= 15 is 0 Å². The third-order valence-corrected chi connectivity index (χ3v) is 3.71. The van der Waals surface area contributed by atoms with E-state index in [4.69, 9.17) is 0 Å². The molecule has 5 heteroatoms. The number of likely N-dealkylation sites (tertiary alicyclic amines) is 1. The third-order valence-electron chi connectivity index (χ3n) is 3.71. The molecule has 2 amide bonds. The predicted molar refractivity (Wildman–Crippen MR) is 78.0 cm³/mol. The third kappa shape index (κ3) is 4.78. The summed E-state index contributed by atoms with van der Waals surface area (Å²) < 4.78 is 0. The number of carbonyl (C=O) groups is 2. The summed E-state index contributed by atoms with van der Waals surface area (Å²) in [5.74, 6) is 0.328. The molecule has 0 saturated carbocycles. The molecular formula is C15H28N2O3. The highest BCUT2D eigenvalue weighted by molar-refractivity contribution is 5.88. The minimum Gasteiger partial charge on any atom is -0.393 e. The van der Waals surface area contributed by atoms with Crippen LogP contribution in [0.15, 0.2) is 0 Å². The zero-order chi connectivity index (χ0) is 15.3. The number of nitrogens with zero attached hydrogens (tertiary/aromatic N) is 1. The van der Waals surface area contributed by atoms with E-state index < -0.39 is 0 Å². The lowest BCUT2D eigenvalue weighted by molar-refractivity contribution is -0.139. The van der Waals surface area contributed by atoms with Gasteiger partial charge in [-0.1, -0.05) is 20.8 Å². The van der Waals surface area contributed by atoms with Gasteiger partial charge in [-0.05, 0) is 31.6 Å². The minimum absolute atomic E-state index is 0.0762. The molecule has 1 aliphatic heterocycles. The summed E-state index contributed by atoms with van der Waals surface area (Å²) in [4.78, 5) is 25.9. The van der Waals surface area contributed by atoms with Gasteiger partial charge in [0.05, 0.1) is 6.10 Å². The molecule has 2 N–H and O–H groups in total. The van der Waals surface area contributed by atoms with Crippen LogP contribution in [0.5, 0.6) is 0 Å². The number of amides is 2. The molecule has 20 heavy (non-hydrogen) atoms. The van der Waals surface area contributed by atoms with Gasteiger partial charge < -0.3 is 15.3 Å². The van der Waals surface area contributed by atoms with Crippen LogP contribution in [0, 0.1) is 11.8 Å². The van der Waals surface area contributed by atoms with Crippen LogP contribution in [0.3, 0.4) is 0 Å². The zero-order valence-corrected chi connectivity index (χ0v) is 13.1. The van der Waals surface area contributed by atoms with Crippen LogP contribution in [-0.4, -0.2) is 47.1 Å². The van der Waals surface area contributed by atoms with E-state index in [2.05, 4.69) is 5.32 Å². The van der Waals surface area contributed by atoms with Crippen molar-refractivity contribution in [2.45, 2.75) is 59.1 Å². The van der Waals surface area contributed by atoms with Crippen molar-refractivity contribution in [3.05, 3.63) is 0 Å². The highest BCUT2D eigenvalue weighted by atomic mass is 16.3. The highest BCUT2D eigenvalue weighted by Gasteiger charge is 2.34. The van der Waals surface area contributed by atoms with E-state index in [1.165, 1.54) is 0 Å². The summed E-state index contributed by atoms with van der Waals surface area (Å²) in [7, 11) is 0. The smallest absolute Gasteiger partial charge is 0.243 e. The molecule has 0 radical (unpaired) electrons. The Kier molecular flexibility index (Phi) is 6.46. The number of hydrogen-bond acceptors (Lipinski definition) is 3. The van der Waals surface area contributed by atoms with Crippen molar-refractivity contribution in [3.8, 4) is 0 Å². The second-order valence-electron chi connectivity index (χ2n) is 6.31. The lowest BCUT2D eigenvalue weighted by Crippen LogP contribution is -2.51. The van der Waals surface area contributed by atoms with Gasteiger partial charge in [-0.3, -0.25) is 9.59 Å². The fraction of sp³-hybridized carbons (Fsp3) is 0.867. The fourth-order valence-electron chi connectivity index (χ4n) is 2.81. The van der Waals surface area contributed by atoms with E-state index in [0.29, 0.717) is 25.9 Å². The van der Waals surface area contributed by atoms with Crippen LogP contribution in [0.2, 0.25) is 0 Å². The average molecular weight is 284 g/mol. The first kappa shape index (κ1) is 17.0. The van der Waals surface area contributed by atoms with Gasteiger partial charge in [0.25, 0.3) is 0 Å². The van der Waals surface area contributed by atoms with Gasteiger partial charge in [0.2, 0.25) is 11.8 Å². The molecule has 1 heterocycles. The standard InChI is InChI=1S/C15H28N2O3/c1-10(2)14(17-7-5-6-13(17)19)15(20)16-9-11(3)8-12(4)18/h10-12,14,18H,5-9H2,1-4H3,(H,16,20). The second kappa shape index (κ2) is 7.62. The van der Waals surface area contributed by atoms with Gasteiger partial charge in [-0.25, -0.2) is 0 Å². The predicted octanol–water partition coefficient (Wildman–Crippen LogP) is 1.16. The summed E-state index contributed by atoms with van der Waals surface area (Å²) in [6.07, 6.45) is 1.70. The first-order valence-electron chi connectivity index (χ1n) is 7.58. The normalized spacial score (nSPS) is 20.1. The van der Waals surface area contributed by atoms with Crippen molar-refractivity contribution >= 4 is 11.8 Å². The Morgan fingerprint density at radius 1 is 1.35 bits per heavy atom. The van der Waals surface area contributed by atoms with Crippen LogP contribution in [0.1, 0.15) is 47.0 Å². The molecule has 1 fully saturated rings. The maximum absolute atomic E-state index is 12.3. The monoisotopic (exact) mass is 284 g/mol. The van der Waals surface area contributed by atoms with Crippen LogP contribution in [0.4, 0.5) is 0 Å². The fourth-order valence-corrected chi connectivity index (χ4v) is 2.81. The van der Waals surface area contributed by atoms with Crippen LogP contribution in [0.25, 0.3) is 0 Å². The van der Waals surface area contributed by atoms with Gasteiger partial charge in [-0.2, -0.15) is 0 Å². The average Bonchev–Trinajstić information content (AvgIpc) is 2.72. The lowest BCUT2D eigenvalue weighted by Gasteiger charge is -2.30. The quantitative estimate of drug-likeness (QED) is 0.737. The molecule has 3 unspecified atom stereocenters. The summed E-state index contributed by atoms with van der Waals surface area (Å²) in [6.45, 7) is 8.90. The summed E-state index contributed by atoms with van der Waals surface area (Å²) in [5.41, 5.74) is 0. The zero-order valence-electron chi connectivity index (χ0n) is 13.1. The Morgan fingerprint density at radius 2 is 2.00 bits per heavy atom. The second-order valence-corrected chi connectivity index (χ2v) is 6.31. The van der Waals surface area contributed by atoms with E-state index in [1.807, 2.05) is 20.8 Å². The Hall–Kier alpha value is -1.10. The number of aliphatic hydroxyl groups is 1. The van der Waals surface area contributed by atoms with E-state index in [0.717, 1.165) is 6.42 Å². The molecule has 3 atom stereocenters. The molecule has 0 spiro atoms. The number of aliphatic hydroxyl groups excluding tert-OH is 1. The topological polar surface area (TPSA) is 69.6 Å². The number of carbonyl (C=O) groups excluding carboxylic acids is 2. The Balaban J connectivity index is 2.55. The molecule has 1 aliphatic rings. The number of rotatable bonds is 7. The van der Waals surface area contributed by atoms with Gasteiger partial charge in [0.1, 0.15) is 6.04 Å². The molecule has 116 valence electrons. The van der Waals surface area contributed by atoms with Gasteiger partial charge in [0, 0.05) is 19.5 Å². The SMILES string of the molecule is CC(O)CC(C)CNC(=O)C(C(C)C)N1CCCC1=O. The molecule has 1 rings (SSSR count). The van der Waals surface area contributed by atoms with Gasteiger partial charge in [-0.15, -0.1) is 0 Å². The molecule has 0 aromatic rings. The Bertz CT molecular complexity index is 342. The molecule has 0 bridgehead atoms. The van der Waals surface area contributed by atoms with E-state index in [1.54, 1.807) is 11.8 Å². The molecule has 0 aliphatic carbocycles. The maximum Gasteiger partial charge on any atom is 0.243 e.